The van der Waals surface area contributed by atoms with E-state index in [9.17, 15) is 0 Å². The molecular weight excluding hydrogens is 192 g/mol. The maximum absolute atomic E-state index is 5.59. The topological polar surface area (TPSA) is 117 Å². The number of pyridine rings is 1. The van der Waals surface area contributed by atoms with E-state index in [1.54, 1.807) is 24.5 Å². The van der Waals surface area contributed by atoms with Gasteiger partial charge in [-0.2, -0.15) is 0 Å². The number of rotatable bonds is 1. The fourth-order valence-corrected chi connectivity index (χ4v) is 1.13. The van der Waals surface area contributed by atoms with Crippen molar-refractivity contribution in [3.8, 4) is 11.4 Å². The van der Waals surface area contributed by atoms with E-state index in [2.05, 4.69) is 15.0 Å². The van der Waals surface area contributed by atoms with Crippen molar-refractivity contribution >= 4 is 17.3 Å². The van der Waals surface area contributed by atoms with Gasteiger partial charge in [0.25, 0.3) is 0 Å². The lowest BCUT2D eigenvalue weighted by Gasteiger charge is -2.05. The second-order valence-corrected chi connectivity index (χ2v) is 2.97. The molecule has 0 bridgehead atoms. The van der Waals surface area contributed by atoms with Gasteiger partial charge in [0.15, 0.2) is 17.5 Å². The molecule has 6 heteroatoms. The van der Waals surface area contributed by atoms with Gasteiger partial charge in [-0.15, -0.1) is 0 Å². The van der Waals surface area contributed by atoms with E-state index in [4.69, 9.17) is 17.2 Å². The van der Waals surface area contributed by atoms with Crippen LogP contribution < -0.4 is 17.2 Å². The van der Waals surface area contributed by atoms with Crippen LogP contribution in [0.3, 0.4) is 0 Å². The second-order valence-electron chi connectivity index (χ2n) is 2.97. The third-order valence-electron chi connectivity index (χ3n) is 1.94. The summed E-state index contributed by atoms with van der Waals surface area (Å²) >= 11 is 0. The van der Waals surface area contributed by atoms with Gasteiger partial charge in [0.05, 0.1) is 0 Å². The number of hydrogen-bond donors (Lipinski definition) is 3. The Morgan fingerprint density at radius 3 is 1.93 bits per heavy atom. The predicted octanol–water partition coefficient (Wildman–Crippen LogP) is 0.285. The molecule has 6 nitrogen and oxygen atoms in total. The van der Waals surface area contributed by atoms with Gasteiger partial charge in [0.1, 0.15) is 5.69 Å². The third-order valence-corrected chi connectivity index (χ3v) is 1.94. The highest BCUT2D eigenvalue weighted by molar-refractivity contribution is 5.74. The molecule has 76 valence electrons. The van der Waals surface area contributed by atoms with Crippen molar-refractivity contribution in [2.75, 3.05) is 17.2 Å². The Bertz CT molecular complexity index is 458. The summed E-state index contributed by atoms with van der Waals surface area (Å²) in [5.74, 6) is 0.824. The minimum Gasteiger partial charge on any atom is -0.393 e. The van der Waals surface area contributed by atoms with Crippen LogP contribution in [0.2, 0.25) is 0 Å². The number of hydrogen-bond acceptors (Lipinski definition) is 6. The van der Waals surface area contributed by atoms with Gasteiger partial charge in [-0.05, 0) is 12.1 Å². The first-order valence-electron chi connectivity index (χ1n) is 4.27. The van der Waals surface area contributed by atoms with Crippen molar-refractivity contribution in [2.24, 2.45) is 0 Å². The van der Waals surface area contributed by atoms with Gasteiger partial charge < -0.3 is 17.2 Å². The maximum atomic E-state index is 5.59. The first-order chi connectivity index (χ1) is 7.18. The van der Waals surface area contributed by atoms with E-state index in [-0.39, 0.29) is 17.3 Å². The normalized spacial score (nSPS) is 10.1. The molecule has 0 unspecified atom stereocenters. The van der Waals surface area contributed by atoms with Crippen LogP contribution in [0.15, 0.2) is 24.5 Å². The summed E-state index contributed by atoms with van der Waals surface area (Å²) in [6.07, 6.45) is 3.28. The Hall–Kier alpha value is -2.37. The van der Waals surface area contributed by atoms with Crippen LogP contribution in [0.5, 0.6) is 0 Å². The standard InChI is InChI=1S/C9H10N6/c10-6-7(11)14-9(15-8(6)12)5-1-3-13-4-2-5/h1-4H,10H2,(H4,11,12,14,15). The summed E-state index contributed by atoms with van der Waals surface area (Å²) in [6, 6.07) is 3.54. The van der Waals surface area contributed by atoms with Gasteiger partial charge in [-0.1, -0.05) is 0 Å². The molecule has 0 saturated heterocycles. The SMILES string of the molecule is Nc1nc(-c2ccncc2)nc(N)c1N. The van der Waals surface area contributed by atoms with Crippen LogP contribution in [0.1, 0.15) is 0 Å². The average Bonchev–Trinajstić information content (AvgIpc) is 2.26. The molecule has 0 spiro atoms. The van der Waals surface area contributed by atoms with Crippen molar-refractivity contribution in [3.05, 3.63) is 24.5 Å². The van der Waals surface area contributed by atoms with E-state index in [1.165, 1.54) is 0 Å². The van der Waals surface area contributed by atoms with Crippen molar-refractivity contribution < 1.29 is 0 Å². The van der Waals surface area contributed by atoms with Crippen LogP contribution in [0, 0.1) is 0 Å². The van der Waals surface area contributed by atoms with Crippen LogP contribution in [0.4, 0.5) is 17.3 Å². The molecule has 2 aromatic rings. The van der Waals surface area contributed by atoms with Crippen LogP contribution in [-0.2, 0) is 0 Å². The Morgan fingerprint density at radius 2 is 1.40 bits per heavy atom. The minimum absolute atomic E-state index is 0.189. The average molecular weight is 202 g/mol. The maximum Gasteiger partial charge on any atom is 0.164 e. The molecule has 6 N–H and O–H groups in total. The fraction of sp³-hybridized carbons (Fsp3) is 0. The van der Waals surface area contributed by atoms with Crippen molar-refractivity contribution in [2.45, 2.75) is 0 Å². The second kappa shape index (κ2) is 3.41. The van der Waals surface area contributed by atoms with Gasteiger partial charge in [0, 0.05) is 18.0 Å². The summed E-state index contributed by atoms with van der Waals surface area (Å²) in [7, 11) is 0. The molecule has 0 fully saturated rings. The molecule has 0 radical (unpaired) electrons. The molecule has 0 aliphatic heterocycles. The lowest BCUT2D eigenvalue weighted by molar-refractivity contribution is 1.19. The summed E-state index contributed by atoms with van der Waals surface area (Å²) < 4.78 is 0. The highest BCUT2D eigenvalue weighted by atomic mass is 15.0. The molecule has 2 heterocycles. The highest BCUT2D eigenvalue weighted by Gasteiger charge is 2.07. The molecule has 0 aliphatic carbocycles. The first kappa shape index (κ1) is 9.20. The minimum atomic E-state index is 0.189. The molecule has 0 saturated carbocycles. The Kier molecular flexibility index (Phi) is 2.09. The van der Waals surface area contributed by atoms with E-state index >= 15 is 0 Å². The Labute approximate surface area is 86.2 Å². The monoisotopic (exact) mass is 202 g/mol. The zero-order valence-corrected chi connectivity index (χ0v) is 7.88. The fourth-order valence-electron chi connectivity index (χ4n) is 1.13. The Morgan fingerprint density at radius 1 is 0.867 bits per heavy atom. The number of anilines is 3. The molecule has 0 aromatic carbocycles. The van der Waals surface area contributed by atoms with E-state index in [0.717, 1.165) is 5.56 Å². The van der Waals surface area contributed by atoms with E-state index in [0.29, 0.717) is 5.82 Å². The third kappa shape index (κ3) is 1.64. The van der Waals surface area contributed by atoms with Crippen molar-refractivity contribution in [1.82, 2.24) is 15.0 Å². The van der Waals surface area contributed by atoms with Crippen molar-refractivity contribution in [3.63, 3.8) is 0 Å². The molecule has 0 amide bonds. The molecule has 0 atom stereocenters. The lowest BCUT2D eigenvalue weighted by atomic mass is 10.2. The number of aromatic nitrogens is 3. The van der Waals surface area contributed by atoms with Gasteiger partial charge in [-0.3, -0.25) is 4.98 Å². The summed E-state index contributed by atoms with van der Waals surface area (Å²) in [6.45, 7) is 0. The number of nitrogens with two attached hydrogens (primary N) is 3. The zero-order chi connectivity index (χ0) is 10.8. The smallest absolute Gasteiger partial charge is 0.164 e. The van der Waals surface area contributed by atoms with Crippen LogP contribution in [-0.4, -0.2) is 15.0 Å². The predicted molar refractivity (Wildman–Crippen MR) is 58.5 cm³/mol. The van der Waals surface area contributed by atoms with Crippen molar-refractivity contribution in [1.29, 1.82) is 0 Å². The summed E-state index contributed by atoms with van der Waals surface area (Å²) in [4.78, 5) is 12.0. The molecule has 2 aromatic heterocycles. The molecule has 2 rings (SSSR count). The number of nitrogens with zero attached hydrogens (tertiary/aromatic N) is 3. The van der Waals surface area contributed by atoms with Gasteiger partial charge in [-0.25, -0.2) is 9.97 Å². The van der Waals surface area contributed by atoms with E-state index < -0.39 is 0 Å². The number of nitrogen functional groups attached to an aromatic ring is 3. The zero-order valence-electron chi connectivity index (χ0n) is 7.88. The van der Waals surface area contributed by atoms with Gasteiger partial charge in [0.2, 0.25) is 0 Å². The molecular formula is C9H10N6. The molecule has 0 aliphatic rings. The Balaban J connectivity index is 2.56. The summed E-state index contributed by atoms with van der Waals surface area (Å²) in [5.41, 5.74) is 17.7. The largest absolute Gasteiger partial charge is 0.393 e. The molecule has 15 heavy (non-hydrogen) atoms. The van der Waals surface area contributed by atoms with Crippen LogP contribution >= 0.6 is 0 Å². The van der Waals surface area contributed by atoms with Crippen LogP contribution in [0.25, 0.3) is 11.4 Å². The first-order valence-corrected chi connectivity index (χ1v) is 4.27. The van der Waals surface area contributed by atoms with Gasteiger partial charge >= 0.3 is 0 Å². The quantitative estimate of drug-likeness (QED) is 0.611. The lowest BCUT2D eigenvalue weighted by Crippen LogP contribution is -2.06. The highest BCUT2D eigenvalue weighted by Crippen LogP contribution is 2.22. The van der Waals surface area contributed by atoms with E-state index in [1.807, 2.05) is 0 Å². The summed E-state index contributed by atoms with van der Waals surface area (Å²) in [5, 5.41) is 0.